The molecular formula is C53H85NO14. The SMILES string of the molecule is CO[C@H]1CC2=CC(=O)O[C@@H]([C@H](C)[C@@H](OC)C[C@H](OC)/C=C/[C@H](C)[C@@H](O)C[C@@H](OC)/C=C/[C@H](C)[C@@H]([C@@H](C)[C@@H](OC)[C@@H](C)CCC(=O)[C@H](C)[C@@H](C/C=C/N(C)C=O)OC)OC(=O)/C=C/C=C(/C)C1)[C@H]2O. The summed E-state index contributed by atoms with van der Waals surface area (Å²) < 4.78 is 47.1. The number of ether oxygens (including phenoxy) is 8. The molecule has 2 heterocycles. The average molecular weight is 960 g/mol. The van der Waals surface area contributed by atoms with E-state index in [4.69, 9.17) is 37.9 Å². The number of carbonyl (C=O) groups is 4. The van der Waals surface area contributed by atoms with Crippen molar-refractivity contribution >= 4 is 24.1 Å². The van der Waals surface area contributed by atoms with E-state index in [0.29, 0.717) is 44.1 Å². The third-order valence-electron chi connectivity index (χ3n) is 13.8. The molecule has 0 fully saturated rings. The van der Waals surface area contributed by atoms with Crippen molar-refractivity contribution in [1.82, 2.24) is 4.90 Å². The molecule has 0 spiro atoms. The number of hydrogen-bond donors (Lipinski definition) is 2. The van der Waals surface area contributed by atoms with Gasteiger partial charge in [0.1, 0.15) is 24.1 Å². The molecule has 15 nitrogen and oxygen atoms in total. The molecule has 0 aromatic heterocycles. The highest BCUT2D eigenvalue weighted by Crippen LogP contribution is 2.33. The Hall–Kier alpha value is -3.80. The molecule has 0 unspecified atom stereocenters. The number of hydrogen-bond acceptors (Lipinski definition) is 14. The van der Waals surface area contributed by atoms with Gasteiger partial charge in [-0.05, 0) is 44.1 Å². The van der Waals surface area contributed by atoms with Crippen molar-refractivity contribution in [3.8, 4) is 0 Å². The number of allylic oxidation sites excluding steroid dienone is 2. The van der Waals surface area contributed by atoms with Crippen molar-refractivity contribution in [2.75, 3.05) is 49.7 Å². The van der Waals surface area contributed by atoms with Crippen molar-refractivity contribution in [1.29, 1.82) is 0 Å². The standard InChI is InChI=1S/C53H85NO14/c1-33-17-15-19-48(58)67-52(39(7)51(66-14)35(3)22-25-44(56)37(5)46(64-12)18-16-26-54(8)32-55)36(4)21-24-41(61-9)30-45(57)34(2)20-23-42(62-10)31-47(65-13)38(6)53-50(60)40(29-49(59)68-53)28-43(27-33)63-11/h15-17,19-21,23-24,26,29,32,34-39,41-43,45-47,50-53,57,60H,18,22,25,27-28,30-31H2,1-14H3/b19-15+,23-20+,24-21+,26-16+,33-17-/t34-,35-,36-,37-,38+,39-,41-,42+,43+,45-,46+,47-,50-,51-,52-,53-/m0/s1. The van der Waals surface area contributed by atoms with E-state index in [9.17, 15) is 29.4 Å². The van der Waals surface area contributed by atoms with Crippen molar-refractivity contribution in [3.63, 3.8) is 0 Å². The van der Waals surface area contributed by atoms with Crippen molar-refractivity contribution < 1.29 is 67.3 Å². The molecule has 2 N–H and O–H groups in total. The second-order valence-corrected chi connectivity index (χ2v) is 18.8. The van der Waals surface area contributed by atoms with E-state index in [0.717, 1.165) is 5.57 Å². The van der Waals surface area contributed by atoms with E-state index < -0.39 is 72.8 Å². The average Bonchev–Trinajstić information content (AvgIpc) is 3.32. The first-order valence-electron chi connectivity index (χ1n) is 24.0. The van der Waals surface area contributed by atoms with Gasteiger partial charge in [0, 0.05) is 117 Å². The number of Topliss-reactive ketones (excluding diaryl/α,β-unsaturated/α-hetero) is 1. The number of aliphatic hydroxyl groups is 2. The molecular weight excluding hydrogens is 875 g/mol. The highest BCUT2D eigenvalue weighted by atomic mass is 16.6. The first-order valence-corrected chi connectivity index (χ1v) is 24.0. The second-order valence-electron chi connectivity index (χ2n) is 18.8. The van der Waals surface area contributed by atoms with Gasteiger partial charge < -0.3 is 53.0 Å². The minimum absolute atomic E-state index is 0.0505. The summed E-state index contributed by atoms with van der Waals surface area (Å²) in [6.07, 6.45) is 14.6. The lowest BCUT2D eigenvalue weighted by Crippen LogP contribution is -2.46. The van der Waals surface area contributed by atoms with Crippen LogP contribution in [-0.2, 0) is 57.1 Å². The lowest BCUT2D eigenvalue weighted by atomic mass is 9.81. The van der Waals surface area contributed by atoms with Crippen molar-refractivity contribution in [3.05, 3.63) is 72.0 Å². The Labute approximate surface area is 406 Å². The first kappa shape index (κ1) is 60.3. The Morgan fingerprint density at radius 1 is 0.853 bits per heavy atom. The fraction of sp³-hybridized carbons (Fsp3) is 0.698. The number of carbonyl (C=O) groups excluding carboxylic acids is 4. The van der Waals surface area contributed by atoms with Gasteiger partial charge in [-0.1, -0.05) is 89.6 Å². The molecule has 0 saturated carbocycles. The van der Waals surface area contributed by atoms with Gasteiger partial charge in [0.15, 0.2) is 0 Å². The van der Waals surface area contributed by atoms with Crippen LogP contribution in [0.3, 0.4) is 0 Å². The van der Waals surface area contributed by atoms with Gasteiger partial charge in [0.2, 0.25) is 6.41 Å². The van der Waals surface area contributed by atoms with Gasteiger partial charge in [0.25, 0.3) is 0 Å². The summed E-state index contributed by atoms with van der Waals surface area (Å²) in [6.45, 7) is 13.5. The summed E-state index contributed by atoms with van der Waals surface area (Å²) in [5.74, 6) is -2.91. The van der Waals surface area contributed by atoms with Gasteiger partial charge in [-0.3, -0.25) is 9.59 Å². The van der Waals surface area contributed by atoms with E-state index in [-0.39, 0.29) is 54.3 Å². The van der Waals surface area contributed by atoms with Gasteiger partial charge in [-0.25, -0.2) is 9.59 Å². The summed E-state index contributed by atoms with van der Waals surface area (Å²) in [6, 6.07) is 0. The molecule has 2 aliphatic rings. The van der Waals surface area contributed by atoms with E-state index >= 15 is 0 Å². The lowest BCUT2D eigenvalue weighted by Gasteiger charge is -2.37. The highest BCUT2D eigenvalue weighted by molar-refractivity contribution is 5.84. The zero-order valence-electron chi connectivity index (χ0n) is 43.3. The molecule has 386 valence electrons. The monoisotopic (exact) mass is 960 g/mol. The maximum Gasteiger partial charge on any atom is 0.331 e. The Bertz CT molecular complexity index is 1720. The van der Waals surface area contributed by atoms with Crippen LogP contribution >= 0.6 is 0 Å². The number of methoxy groups -OCH3 is 6. The van der Waals surface area contributed by atoms with Gasteiger partial charge >= 0.3 is 11.9 Å². The molecule has 2 rings (SSSR count). The molecule has 0 saturated heterocycles. The van der Waals surface area contributed by atoms with Crippen LogP contribution < -0.4 is 0 Å². The van der Waals surface area contributed by atoms with Gasteiger partial charge in [-0.2, -0.15) is 0 Å². The Morgan fingerprint density at radius 3 is 2.09 bits per heavy atom. The number of fused-ring (bicyclic) bond motifs is 2. The zero-order valence-corrected chi connectivity index (χ0v) is 43.3. The Kier molecular flexibility index (Phi) is 27.9. The van der Waals surface area contributed by atoms with Crippen LogP contribution in [0, 0.1) is 35.5 Å². The van der Waals surface area contributed by atoms with E-state index in [1.807, 2.05) is 78.8 Å². The van der Waals surface area contributed by atoms with Crippen LogP contribution in [-0.4, -0.2) is 150 Å². The zero-order chi connectivity index (χ0) is 51.1. The molecule has 0 aromatic carbocycles. The first-order chi connectivity index (χ1) is 32.3. The Balaban J connectivity index is 2.49. The van der Waals surface area contributed by atoms with E-state index in [1.54, 1.807) is 68.1 Å². The third kappa shape index (κ3) is 19.5. The van der Waals surface area contributed by atoms with Gasteiger partial charge in [0.05, 0.1) is 42.7 Å². The number of aliphatic hydroxyl groups excluding tert-OH is 2. The van der Waals surface area contributed by atoms with E-state index in [2.05, 4.69) is 0 Å². The van der Waals surface area contributed by atoms with Crippen LogP contribution in [0.15, 0.2) is 72.0 Å². The van der Waals surface area contributed by atoms with Crippen molar-refractivity contribution in [2.45, 2.75) is 154 Å². The fourth-order valence-corrected chi connectivity index (χ4v) is 9.13. The predicted octanol–water partition coefficient (Wildman–Crippen LogP) is 6.91. The van der Waals surface area contributed by atoms with Crippen LogP contribution in [0.5, 0.6) is 0 Å². The maximum absolute atomic E-state index is 13.7. The largest absolute Gasteiger partial charge is 0.458 e. The van der Waals surface area contributed by atoms with Crippen LogP contribution in [0.25, 0.3) is 0 Å². The summed E-state index contributed by atoms with van der Waals surface area (Å²) in [4.78, 5) is 52.4. The molecule has 2 bridgehead atoms. The smallest absolute Gasteiger partial charge is 0.331 e. The number of amides is 1. The normalized spacial score (nSPS) is 33.0. The molecule has 15 heteroatoms. The minimum Gasteiger partial charge on any atom is -0.458 e. The number of cyclic esters (lactones) is 1. The number of esters is 2. The molecule has 16 atom stereocenters. The molecule has 0 radical (unpaired) electrons. The molecule has 0 aliphatic carbocycles. The number of ketones is 1. The molecule has 0 aromatic rings. The fourth-order valence-electron chi connectivity index (χ4n) is 9.13. The summed E-state index contributed by atoms with van der Waals surface area (Å²) in [7, 11) is 11.1. The molecule has 1 amide bonds. The summed E-state index contributed by atoms with van der Waals surface area (Å²) in [5, 5.41) is 23.0. The van der Waals surface area contributed by atoms with Crippen LogP contribution in [0.1, 0.15) is 93.4 Å². The molecule has 2 aliphatic heterocycles. The van der Waals surface area contributed by atoms with E-state index in [1.165, 1.54) is 17.1 Å². The topological polar surface area (TPSA) is 186 Å². The molecule has 68 heavy (non-hydrogen) atoms. The second kappa shape index (κ2) is 31.4. The maximum atomic E-state index is 13.7. The minimum atomic E-state index is -1.10. The van der Waals surface area contributed by atoms with Crippen molar-refractivity contribution in [2.24, 2.45) is 35.5 Å². The van der Waals surface area contributed by atoms with Crippen LogP contribution in [0.4, 0.5) is 0 Å². The van der Waals surface area contributed by atoms with Crippen LogP contribution in [0.2, 0.25) is 0 Å². The third-order valence-corrected chi connectivity index (χ3v) is 13.8. The number of rotatable bonds is 18. The van der Waals surface area contributed by atoms with Gasteiger partial charge in [-0.15, -0.1) is 0 Å². The highest BCUT2D eigenvalue weighted by Gasteiger charge is 2.40. The summed E-state index contributed by atoms with van der Waals surface area (Å²) in [5.41, 5.74) is 1.38. The number of nitrogens with zero attached hydrogens (tertiary/aromatic N) is 1. The lowest BCUT2D eigenvalue weighted by molar-refractivity contribution is -0.160. The quantitative estimate of drug-likeness (QED) is 0.0821. The predicted molar refractivity (Wildman–Crippen MR) is 261 cm³/mol. The Morgan fingerprint density at radius 2 is 1.50 bits per heavy atom. The summed E-state index contributed by atoms with van der Waals surface area (Å²) >= 11 is 0.